The molecule has 1 heterocycles. The molecule has 2 heteroatoms. The number of phenolic OH excluding ortho intramolecular Hbond substituents is 1. The first kappa shape index (κ1) is 9.85. The van der Waals surface area contributed by atoms with Crippen molar-refractivity contribution in [3.8, 4) is 16.9 Å². The van der Waals surface area contributed by atoms with E-state index in [2.05, 4.69) is 4.98 Å². The smallest absolute Gasteiger partial charge is 0.123 e. The molecule has 0 saturated carbocycles. The van der Waals surface area contributed by atoms with Gasteiger partial charge in [0, 0.05) is 17.1 Å². The summed E-state index contributed by atoms with van der Waals surface area (Å²) in [5.74, 6) is 0.294. The summed E-state index contributed by atoms with van der Waals surface area (Å²) in [7, 11) is 0. The summed E-state index contributed by atoms with van der Waals surface area (Å²) in [4.78, 5) is 4.32. The van der Waals surface area contributed by atoms with Crippen LogP contribution in [0.4, 0.5) is 0 Å². The zero-order chi connectivity index (χ0) is 11.7. The number of nitrogens with zero attached hydrogens (tertiary/aromatic N) is 1. The Morgan fingerprint density at radius 1 is 0.882 bits per heavy atom. The first-order valence-electron chi connectivity index (χ1n) is 5.48. The van der Waals surface area contributed by atoms with E-state index in [-0.39, 0.29) is 0 Å². The molecule has 0 saturated heterocycles. The Labute approximate surface area is 99.2 Å². The predicted octanol–water partition coefficient (Wildman–Crippen LogP) is 3.61. The quantitative estimate of drug-likeness (QED) is 0.681. The Kier molecular flexibility index (Phi) is 2.26. The molecular weight excluding hydrogens is 210 g/mol. The van der Waals surface area contributed by atoms with Gasteiger partial charge in [0.25, 0.3) is 0 Å². The zero-order valence-corrected chi connectivity index (χ0v) is 9.17. The molecule has 0 atom stereocenters. The molecule has 3 rings (SSSR count). The minimum atomic E-state index is 0.294. The summed E-state index contributed by atoms with van der Waals surface area (Å²) in [5, 5.41) is 10.9. The maximum atomic E-state index is 9.82. The summed E-state index contributed by atoms with van der Waals surface area (Å²) in [6, 6.07) is 17.3. The fourth-order valence-electron chi connectivity index (χ4n) is 1.95. The summed E-state index contributed by atoms with van der Waals surface area (Å²) in [6.45, 7) is 0. The molecule has 3 aromatic rings. The second kappa shape index (κ2) is 3.91. The van der Waals surface area contributed by atoms with Gasteiger partial charge in [-0.2, -0.15) is 0 Å². The third kappa shape index (κ3) is 1.74. The molecule has 0 fully saturated rings. The van der Waals surface area contributed by atoms with Crippen LogP contribution < -0.4 is 0 Å². The van der Waals surface area contributed by atoms with Crippen molar-refractivity contribution in [2.24, 2.45) is 0 Å². The second-order valence-corrected chi connectivity index (χ2v) is 3.93. The fraction of sp³-hybridized carbons (Fsp3) is 0. The highest BCUT2D eigenvalue weighted by Crippen LogP contribution is 2.30. The molecule has 0 unspecified atom stereocenters. The topological polar surface area (TPSA) is 33.1 Å². The molecule has 17 heavy (non-hydrogen) atoms. The van der Waals surface area contributed by atoms with E-state index in [4.69, 9.17) is 0 Å². The van der Waals surface area contributed by atoms with Gasteiger partial charge >= 0.3 is 0 Å². The van der Waals surface area contributed by atoms with Gasteiger partial charge in [0.2, 0.25) is 0 Å². The Bertz CT molecular complexity index is 676. The number of hydrogen-bond donors (Lipinski definition) is 1. The van der Waals surface area contributed by atoms with Crippen molar-refractivity contribution < 1.29 is 5.11 Å². The van der Waals surface area contributed by atoms with Crippen LogP contribution in [-0.4, -0.2) is 10.1 Å². The first-order chi connectivity index (χ1) is 8.34. The summed E-state index contributed by atoms with van der Waals surface area (Å²) in [5.41, 5.74) is 2.75. The van der Waals surface area contributed by atoms with Crippen LogP contribution in [-0.2, 0) is 0 Å². The van der Waals surface area contributed by atoms with Crippen LogP contribution in [0.15, 0.2) is 60.8 Å². The number of aromatic hydroxyl groups is 1. The fourth-order valence-corrected chi connectivity index (χ4v) is 1.95. The van der Waals surface area contributed by atoms with Crippen molar-refractivity contribution in [2.75, 3.05) is 0 Å². The number of para-hydroxylation sites is 1. The van der Waals surface area contributed by atoms with E-state index in [0.29, 0.717) is 5.75 Å². The number of fused-ring (bicyclic) bond motifs is 1. The van der Waals surface area contributed by atoms with Crippen molar-refractivity contribution in [1.82, 2.24) is 4.98 Å². The van der Waals surface area contributed by atoms with Gasteiger partial charge in [-0.05, 0) is 23.8 Å². The van der Waals surface area contributed by atoms with Crippen LogP contribution in [0.3, 0.4) is 0 Å². The van der Waals surface area contributed by atoms with E-state index in [9.17, 15) is 5.11 Å². The van der Waals surface area contributed by atoms with E-state index >= 15 is 0 Å². The van der Waals surface area contributed by atoms with Crippen molar-refractivity contribution >= 4 is 10.9 Å². The highest BCUT2D eigenvalue weighted by Gasteiger charge is 2.04. The maximum absolute atomic E-state index is 9.82. The molecule has 82 valence electrons. The van der Waals surface area contributed by atoms with E-state index in [1.54, 1.807) is 12.3 Å². The van der Waals surface area contributed by atoms with Crippen LogP contribution in [0, 0.1) is 0 Å². The van der Waals surface area contributed by atoms with E-state index in [0.717, 1.165) is 22.0 Å². The van der Waals surface area contributed by atoms with Crippen LogP contribution in [0.25, 0.3) is 22.0 Å². The molecule has 0 aliphatic rings. The Hall–Kier alpha value is -2.35. The molecule has 0 amide bonds. The van der Waals surface area contributed by atoms with Gasteiger partial charge in [0.05, 0.1) is 5.52 Å². The number of benzene rings is 2. The van der Waals surface area contributed by atoms with E-state index in [1.807, 2.05) is 48.5 Å². The summed E-state index contributed by atoms with van der Waals surface area (Å²) >= 11 is 0. The lowest BCUT2D eigenvalue weighted by Crippen LogP contribution is -1.81. The molecule has 1 N–H and O–H groups in total. The van der Waals surface area contributed by atoms with Gasteiger partial charge in [-0.25, -0.2) is 0 Å². The number of rotatable bonds is 1. The van der Waals surface area contributed by atoms with Crippen LogP contribution in [0.1, 0.15) is 0 Å². The molecule has 2 nitrogen and oxygen atoms in total. The van der Waals surface area contributed by atoms with Gasteiger partial charge in [0.15, 0.2) is 0 Å². The van der Waals surface area contributed by atoms with Crippen LogP contribution in [0.2, 0.25) is 0 Å². The van der Waals surface area contributed by atoms with Gasteiger partial charge in [-0.1, -0.05) is 36.4 Å². The minimum Gasteiger partial charge on any atom is -0.507 e. The van der Waals surface area contributed by atoms with Gasteiger partial charge in [-0.15, -0.1) is 0 Å². The van der Waals surface area contributed by atoms with Crippen molar-refractivity contribution in [2.45, 2.75) is 0 Å². The van der Waals surface area contributed by atoms with Gasteiger partial charge in [-0.3, -0.25) is 4.98 Å². The second-order valence-electron chi connectivity index (χ2n) is 3.93. The summed E-state index contributed by atoms with van der Waals surface area (Å²) < 4.78 is 0. The van der Waals surface area contributed by atoms with Crippen molar-refractivity contribution in [3.05, 3.63) is 60.8 Å². The number of pyridine rings is 1. The van der Waals surface area contributed by atoms with E-state index < -0.39 is 0 Å². The molecule has 0 aliphatic carbocycles. The molecule has 0 radical (unpaired) electrons. The maximum Gasteiger partial charge on any atom is 0.123 e. The molecule has 0 aliphatic heterocycles. The highest BCUT2D eigenvalue weighted by atomic mass is 16.3. The van der Waals surface area contributed by atoms with Gasteiger partial charge in [0.1, 0.15) is 5.75 Å². The normalized spacial score (nSPS) is 10.6. The minimum absolute atomic E-state index is 0.294. The third-order valence-electron chi connectivity index (χ3n) is 2.82. The lowest BCUT2D eigenvalue weighted by Gasteiger charge is -2.05. The average Bonchev–Trinajstić information content (AvgIpc) is 2.39. The van der Waals surface area contributed by atoms with Crippen LogP contribution >= 0.6 is 0 Å². The third-order valence-corrected chi connectivity index (χ3v) is 2.82. The molecule has 0 spiro atoms. The Morgan fingerprint density at radius 3 is 2.65 bits per heavy atom. The monoisotopic (exact) mass is 221 g/mol. The standard InChI is InChI=1S/C15H11NO/c17-15-6-2-1-5-13(15)12-8-7-11-4-3-9-16-14(11)10-12/h1-10,17H. The van der Waals surface area contributed by atoms with Gasteiger partial charge < -0.3 is 5.11 Å². The molecule has 1 aromatic heterocycles. The highest BCUT2D eigenvalue weighted by molar-refractivity contribution is 5.85. The zero-order valence-electron chi connectivity index (χ0n) is 9.17. The lowest BCUT2D eigenvalue weighted by atomic mass is 10.0. The predicted molar refractivity (Wildman–Crippen MR) is 68.8 cm³/mol. The Balaban J connectivity index is 2.22. The van der Waals surface area contributed by atoms with Crippen LogP contribution in [0.5, 0.6) is 5.75 Å². The molecule has 2 aromatic carbocycles. The molecular formula is C15H11NO. The SMILES string of the molecule is Oc1ccccc1-c1ccc2cccnc2c1. The van der Waals surface area contributed by atoms with Crippen molar-refractivity contribution in [1.29, 1.82) is 0 Å². The van der Waals surface area contributed by atoms with Crippen molar-refractivity contribution in [3.63, 3.8) is 0 Å². The first-order valence-corrected chi connectivity index (χ1v) is 5.48. The summed E-state index contributed by atoms with van der Waals surface area (Å²) in [6.07, 6.45) is 1.77. The largest absolute Gasteiger partial charge is 0.507 e. The number of phenols is 1. The lowest BCUT2D eigenvalue weighted by molar-refractivity contribution is 0.477. The van der Waals surface area contributed by atoms with E-state index in [1.165, 1.54) is 0 Å². The Morgan fingerprint density at radius 2 is 1.76 bits per heavy atom. The average molecular weight is 221 g/mol. The number of hydrogen-bond acceptors (Lipinski definition) is 2. The number of aromatic nitrogens is 1. The molecule has 0 bridgehead atoms.